The van der Waals surface area contributed by atoms with Crippen LogP contribution in [0, 0.1) is 0 Å². The predicted octanol–water partition coefficient (Wildman–Crippen LogP) is 5.03. The number of β-amino-alcohol motifs (C(OH)–C–C–N with tert-alkyl or cyclic N) is 1. The van der Waals surface area contributed by atoms with E-state index in [2.05, 4.69) is 47.8 Å². The number of pyridine rings is 1. The molecule has 0 aliphatic carbocycles. The second kappa shape index (κ2) is 11.3. The van der Waals surface area contributed by atoms with Crippen molar-refractivity contribution in [1.82, 2.24) is 15.3 Å². The van der Waals surface area contributed by atoms with Gasteiger partial charge in [0, 0.05) is 52.7 Å². The van der Waals surface area contributed by atoms with Crippen LogP contribution < -0.4 is 20.5 Å². The van der Waals surface area contributed by atoms with Gasteiger partial charge in [-0.1, -0.05) is 31.7 Å². The largest absolute Gasteiger partial charge is 0.490 e. The summed E-state index contributed by atoms with van der Waals surface area (Å²) in [5, 5.41) is 15.1. The van der Waals surface area contributed by atoms with E-state index in [9.17, 15) is 5.11 Å². The van der Waals surface area contributed by atoms with Crippen LogP contribution in [0.5, 0.6) is 17.4 Å². The summed E-state index contributed by atoms with van der Waals surface area (Å²) >= 11 is 0. The first kappa shape index (κ1) is 25.3. The molecule has 4 aromatic rings. The fourth-order valence-electron chi connectivity index (χ4n) is 3.98. The molecule has 0 amide bonds. The van der Waals surface area contributed by atoms with E-state index in [-0.39, 0.29) is 12.1 Å². The van der Waals surface area contributed by atoms with Crippen LogP contribution in [0.3, 0.4) is 0 Å². The van der Waals surface area contributed by atoms with Gasteiger partial charge in [0.25, 0.3) is 0 Å². The number of nitrogens with two attached hydrogens (primary N) is 1. The highest BCUT2D eigenvalue weighted by Crippen LogP contribution is 2.25. The van der Waals surface area contributed by atoms with E-state index in [1.807, 2.05) is 48.7 Å². The van der Waals surface area contributed by atoms with Crippen molar-refractivity contribution >= 4 is 16.6 Å². The quantitative estimate of drug-likeness (QED) is 0.224. The molecule has 4 rings (SSSR count). The number of nitrogens with one attached hydrogen (secondary N) is 2. The van der Waals surface area contributed by atoms with E-state index in [0.717, 1.165) is 35.1 Å². The summed E-state index contributed by atoms with van der Waals surface area (Å²) < 4.78 is 11.7. The summed E-state index contributed by atoms with van der Waals surface area (Å²) in [7, 11) is 0. The Bertz CT molecular complexity index is 1280. The van der Waals surface area contributed by atoms with Gasteiger partial charge in [0.1, 0.15) is 24.2 Å². The normalized spacial score (nSPS) is 13.8. The van der Waals surface area contributed by atoms with Crippen LogP contribution in [0.15, 0.2) is 79.6 Å². The number of rotatable bonds is 12. The number of ether oxygens (including phenoxy) is 2. The number of fused-ring (bicyclic) bond motifs is 1. The SMILES string of the molecule is C=C(N)c1ccc(Oc2ccc(C[C@](C)(CC)NC[C@H](O)COc3cccc4[nH]ccc34)cc2)nc1. The van der Waals surface area contributed by atoms with E-state index >= 15 is 0 Å². The van der Waals surface area contributed by atoms with Gasteiger partial charge >= 0.3 is 0 Å². The summed E-state index contributed by atoms with van der Waals surface area (Å²) in [6.45, 7) is 8.68. The third-order valence-corrected chi connectivity index (χ3v) is 6.38. The zero-order valence-electron chi connectivity index (χ0n) is 20.8. The first-order valence-corrected chi connectivity index (χ1v) is 12.1. The Balaban J connectivity index is 1.28. The minimum atomic E-state index is -0.629. The van der Waals surface area contributed by atoms with E-state index in [0.29, 0.717) is 23.9 Å². The van der Waals surface area contributed by atoms with Crippen molar-refractivity contribution in [2.45, 2.75) is 38.3 Å². The summed E-state index contributed by atoms with van der Waals surface area (Å²) in [4.78, 5) is 7.44. The fraction of sp³-hybridized carbons (Fsp3) is 0.276. The van der Waals surface area contributed by atoms with Crippen molar-refractivity contribution in [2.24, 2.45) is 5.73 Å². The Labute approximate surface area is 212 Å². The number of hydrogen-bond donors (Lipinski definition) is 4. The number of aliphatic hydroxyl groups excluding tert-OH is 1. The highest BCUT2D eigenvalue weighted by Gasteiger charge is 2.23. The molecule has 0 saturated heterocycles. The lowest BCUT2D eigenvalue weighted by Gasteiger charge is -2.31. The highest BCUT2D eigenvalue weighted by molar-refractivity contribution is 5.85. The third kappa shape index (κ3) is 6.44. The Morgan fingerprint density at radius 3 is 2.67 bits per heavy atom. The highest BCUT2D eigenvalue weighted by atomic mass is 16.5. The van der Waals surface area contributed by atoms with Gasteiger partial charge in [0.15, 0.2) is 0 Å². The summed E-state index contributed by atoms with van der Waals surface area (Å²) in [5.41, 5.74) is 8.95. The Morgan fingerprint density at radius 1 is 1.17 bits per heavy atom. The smallest absolute Gasteiger partial charge is 0.219 e. The van der Waals surface area contributed by atoms with Crippen LogP contribution in [0.25, 0.3) is 16.6 Å². The molecule has 0 aliphatic heterocycles. The lowest BCUT2D eigenvalue weighted by molar-refractivity contribution is 0.0977. The molecule has 2 aromatic heterocycles. The van der Waals surface area contributed by atoms with Crippen LogP contribution in [0.2, 0.25) is 0 Å². The predicted molar refractivity (Wildman–Crippen MR) is 144 cm³/mol. The maximum Gasteiger partial charge on any atom is 0.219 e. The molecule has 2 aromatic carbocycles. The number of aliphatic hydroxyl groups is 1. The minimum absolute atomic E-state index is 0.175. The van der Waals surface area contributed by atoms with Gasteiger partial charge in [-0.2, -0.15) is 0 Å². The van der Waals surface area contributed by atoms with Crippen LogP contribution in [-0.4, -0.2) is 39.9 Å². The van der Waals surface area contributed by atoms with Gasteiger partial charge in [-0.15, -0.1) is 0 Å². The minimum Gasteiger partial charge on any atom is -0.490 e. The molecule has 0 saturated carbocycles. The fourth-order valence-corrected chi connectivity index (χ4v) is 3.98. The number of aromatic nitrogens is 2. The van der Waals surface area contributed by atoms with Gasteiger partial charge in [-0.25, -0.2) is 4.98 Å². The molecular formula is C29H34N4O3. The number of benzene rings is 2. The lowest BCUT2D eigenvalue weighted by atomic mass is 9.90. The van der Waals surface area contributed by atoms with Crippen LogP contribution in [0.4, 0.5) is 0 Å². The summed E-state index contributed by atoms with van der Waals surface area (Å²) in [5.74, 6) is 1.97. The summed E-state index contributed by atoms with van der Waals surface area (Å²) in [6.07, 6.45) is 4.62. The topological polar surface area (TPSA) is 105 Å². The molecule has 0 bridgehead atoms. The standard InChI is InChI=1S/C29H34N4O3/c1-4-29(3,33-18-23(34)19-35-27-7-5-6-26-25(27)14-15-31-26)16-21-8-11-24(12-9-21)36-28-13-10-22(17-32-28)20(2)30/h5-15,17,23,31,33-34H,2,4,16,18-19,30H2,1,3H3/t23-,29-/m0/s1. The summed E-state index contributed by atoms with van der Waals surface area (Å²) in [6, 6.07) is 19.4. The van der Waals surface area contributed by atoms with Crippen molar-refractivity contribution in [2.75, 3.05) is 13.2 Å². The van der Waals surface area contributed by atoms with Gasteiger partial charge < -0.3 is 30.6 Å². The van der Waals surface area contributed by atoms with Crippen LogP contribution >= 0.6 is 0 Å². The van der Waals surface area contributed by atoms with Crippen molar-refractivity contribution < 1.29 is 14.6 Å². The molecule has 0 aliphatic rings. The van der Waals surface area contributed by atoms with Gasteiger partial charge in [-0.05, 0) is 61.7 Å². The number of hydrogen-bond acceptors (Lipinski definition) is 6. The monoisotopic (exact) mass is 486 g/mol. The van der Waals surface area contributed by atoms with Gasteiger partial charge in [0.05, 0.1) is 0 Å². The zero-order chi connectivity index (χ0) is 25.5. The second-order valence-electron chi connectivity index (χ2n) is 9.29. The molecule has 2 heterocycles. The average molecular weight is 487 g/mol. The molecule has 7 nitrogen and oxygen atoms in total. The maximum absolute atomic E-state index is 10.6. The first-order valence-electron chi connectivity index (χ1n) is 12.1. The molecule has 5 N–H and O–H groups in total. The molecule has 0 fully saturated rings. The van der Waals surface area contributed by atoms with Crippen LogP contribution in [-0.2, 0) is 6.42 Å². The van der Waals surface area contributed by atoms with Crippen molar-refractivity contribution in [3.8, 4) is 17.4 Å². The zero-order valence-corrected chi connectivity index (χ0v) is 20.8. The number of H-pyrrole nitrogens is 1. The molecule has 2 atom stereocenters. The number of nitrogens with zero attached hydrogens (tertiary/aromatic N) is 1. The molecular weight excluding hydrogens is 452 g/mol. The molecule has 188 valence electrons. The van der Waals surface area contributed by atoms with Crippen LogP contribution in [0.1, 0.15) is 31.4 Å². The third-order valence-electron chi connectivity index (χ3n) is 6.38. The Kier molecular flexibility index (Phi) is 7.93. The Hall–Kier alpha value is -3.81. The van der Waals surface area contributed by atoms with Crippen molar-refractivity contribution in [3.05, 3.63) is 90.8 Å². The first-order chi connectivity index (χ1) is 17.3. The van der Waals surface area contributed by atoms with E-state index in [4.69, 9.17) is 15.2 Å². The van der Waals surface area contributed by atoms with Crippen molar-refractivity contribution in [1.29, 1.82) is 0 Å². The van der Waals surface area contributed by atoms with E-state index in [1.54, 1.807) is 12.3 Å². The van der Waals surface area contributed by atoms with Gasteiger partial charge in [-0.3, -0.25) is 0 Å². The van der Waals surface area contributed by atoms with E-state index in [1.165, 1.54) is 5.56 Å². The lowest BCUT2D eigenvalue weighted by Crippen LogP contribution is -2.48. The maximum atomic E-state index is 10.6. The second-order valence-corrected chi connectivity index (χ2v) is 9.29. The average Bonchev–Trinajstić information content (AvgIpc) is 3.37. The van der Waals surface area contributed by atoms with Gasteiger partial charge in [0.2, 0.25) is 5.88 Å². The molecule has 0 unspecified atom stereocenters. The molecule has 0 spiro atoms. The molecule has 7 heteroatoms. The van der Waals surface area contributed by atoms with E-state index < -0.39 is 6.10 Å². The molecule has 36 heavy (non-hydrogen) atoms. The molecule has 0 radical (unpaired) electrons. The number of aromatic amines is 1. The Morgan fingerprint density at radius 2 is 1.97 bits per heavy atom. The van der Waals surface area contributed by atoms with Crippen molar-refractivity contribution in [3.63, 3.8) is 0 Å².